The van der Waals surface area contributed by atoms with Gasteiger partial charge in [0.2, 0.25) is 0 Å². The molecule has 10 heteroatoms. The maximum atomic E-state index is 12.6. The summed E-state index contributed by atoms with van der Waals surface area (Å²) in [7, 11) is 0. The monoisotopic (exact) mass is 456 g/mol. The van der Waals surface area contributed by atoms with Crippen molar-refractivity contribution in [3.8, 4) is 22.6 Å². The summed E-state index contributed by atoms with van der Waals surface area (Å²) in [5, 5.41) is 22.9. The van der Waals surface area contributed by atoms with Gasteiger partial charge in [0.25, 0.3) is 0 Å². The standard InChI is InChI=1S/C24H24N8O2/c1-15(13-33)32-14-27-31-23(32)20-3-2-4-21(28-20)29-24(34)30-22-11-17(9-10-25-22)18-7-8-19(26-12-18)16-5-6-16/h2-4,7-12,14-16,33H,5-6,13H2,1H3,(H2,25,28,29,30,34)/t15-/m1/s1. The minimum atomic E-state index is -0.471. The molecule has 1 aliphatic carbocycles. The number of rotatable bonds is 7. The highest BCUT2D eigenvalue weighted by Gasteiger charge is 2.24. The third kappa shape index (κ3) is 4.76. The molecule has 1 saturated carbocycles. The van der Waals surface area contributed by atoms with Crippen molar-refractivity contribution in [1.82, 2.24) is 29.7 Å². The summed E-state index contributed by atoms with van der Waals surface area (Å²) >= 11 is 0. The van der Waals surface area contributed by atoms with Crippen LogP contribution in [0.25, 0.3) is 22.6 Å². The lowest BCUT2D eigenvalue weighted by atomic mass is 10.1. The van der Waals surface area contributed by atoms with E-state index in [2.05, 4.69) is 41.8 Å². The van der Waals surface area contributed by atoms with Gasteiger partial charge in [-0.15, -0.1) is 10.2 Å². The molecular formula is C24H24N8O2. The van der Waals surface area contributed by atoms with E-state index in [9.17, 15) is 9.90 Å². The second-order valence-corrected chi connectivity index (χ2v) is 8.26. The summed E-state index contributed by atoms with van der Waals surface area (Å²) in [6.45, 7) is 1.79. The minimum Gasteiger partial charge on any atom is -0.394 e. The van der Waals surface area contributed by atoms with Crippen LogP contribution in [0.15, 0.2) is 61.2 Å². The normalized spacial score (nSPS) is 13.9. The van der Waals surface area contributed by atoms with Crippen molar-refractivity contribution in [3.63, 3.8) is 0 Å². The molecule has 172 valence electrons. The molecule has 0 spiro atoms. The van der Waals surface area contributed by atoms with E-state index in [1.165, 1.54) is 12.8 Å². The first-order chi connectivity index (χ1) is 16.6. The maximum Gasteiger partial charge on any atom is 0.326 e. The van der Waals surface area contributed by atoms with Gasteiger partial charge in [0.05, 0.1) is 12.6 Å². The van der Waals surface area contributed by atoms with E-state index < -0.39 is 6.03 Å². The van der Waals surface area contributed by atoms with Crippen LogP contribution in [0, 0.1) is 0 Å². The predicted molar refractivity (Wildman–Crippen MR) is 127 cm³/mol. The molecule has 0 radical (unpaired) electrons. The largest absolute Gasteiger partial charge is 0.394 e. The zero-order valence-corrected chi connectivity index (χ0v) is 18.6. The van der Waals surface area contributed by atoms with Crippen LogP contribution in [0.3, 0.4) is 0 Å². The molecule has 0 aliphatic heterocycles. The number of anilines is 2. The smallest absolute Gasteiger partial charge is 0.326 e. The van der Waals surface area contributed by atoms with Crippen LogP contribution in [0.5, 0.6) is 0 Å². The number of amides is 2. The summed E-state index contributed by atoms with van der Waals surface area (Å²) in [5.74, 6) is 1.86. The number of hydrogen-bond acceptors (Lipinski definition) is 7. The second kappa shape index (κ2) is 9.36. The molecule has 0 aromatic carbocycles. The lowest BCUT2D eigenvalue weighted by molar-refractivity contribution is 0.239. The number of nitrogens with one attached hydrogen (secondary N) is 2. The van der Waals surface area contributed by atoms with Gasteiger partial charge in [-0.3, -0.25) is 15.6 Å². The topological polar surface area (TPSA) is 131 Å². The van der Waals surface area contributed by atoms with Gasteiger partial charge in [0.15, 0.2) is 5.82 Å². The predicted octanol–water partition coefficient (Wildman–Crippen LogP) is 3.87. The average molecular weight is 457 g/mol. The van der Waals surface area contributed by atoms with E-state index in [1.807, 2.05) is 25.3 Å². The maximum absolute atomic E-state index is 12.6. The number of nitrogens with zero attached hydrogens (tertiary/aromatic N) is 6. The van der Waals surface area contributed by atoms with Gasteiger partial charge >= 0.3 is 6.03 Å². The van der Waals surface area contributed by atoms with E-state index >= 15 is 0 Å². The number of hydrogen-bond donors (Lipinski definition) is 3. The number of aromatic nitrogens is 6. The fourth-order valence-electron chi connectivity index (χ4n) is 3.60. The molecule has 10 nitrogen and oxygen atoms in total. The first kappa shape index (κ1) is 21.7. The van der Waals surface area contributed by atoms with E-state index in [0.717, 1.165) is 16.8 Å². The van der Waals surface area contributed by atoms with Crippen LogP contribution in [0.4, 0.5) is 16.4 Å². The number of carbonyl (C=O) groups is 1. The first-order valence-electron chi connectivity index (χ1n) is 11.1. The van der Waals surface area contributed by atoms with E-state index in [4.69, 9.17) is 0 Å². The fraction of sp³-hybridized carbons (Fsp3) is 0.250. The summed E-state index contributed by atoms with van der Waals surface area (Å²) in [5.41, 5.74) is 3.54. The fourth-order valence-corrected chi connectivity index (χ4v) is 3.60. The van der Waals surface area contributed by atoms with E-state index in [-0.39, 0.29) is 12.6 Å². The zero-order chi connectivity index (χ0) is 23.5. The zero-order valence-electron chi connectivity index (χ0n) is 18.6. The second-order valence-electron chi connectivity index (χ2n) is 8.26. The van der Waals surface area contributed by atoms with Crippen molar-refractivity contribution < 1.29 is 9.90 Å². The van der Waals surface area contributed by atoms with Crippen LogP contribution in [0.2, 0.25) is 0 Å². The Morgan fingerprint density at radius 2 is 1.97 bits per heavy atom. The molecule has 3 N–H and O–H groups in total. The molecular weight excluding hydrogens is 432 g/mol. The van der Waals surface area contributed by atoms with Crippen LogP contribution >= 0.6 is 0 Å². The van der Waals surface area contributed by atoms with Crippen molar-refractivity contribution in [2.45, 2.75) is 31.7 Å². The molecule has 1 atom stereocenters. The Kier molecular flexibility index (Phi) is 5.96. The Labute approximate surface area is 196 Å². The van der Waals surface area contributed by atoms with Crippen LogP contribution in [-0.4, -0.2) is 47.5 Å². The number of carbonyl (C=O) groups excluding carboxylic acids is 1. The van der Waals surface area contributed by atoms with Gasteiger partial charge in [-0.1, -0.05) is 12.1 Å². The van der Waals surface area contributed by atoms with Crippen LogP contribution < -0.4 is 10.6 Å². The summed E-state index contributed by atoms with van der Waals surface area (Å²) in [6.07, 6.45) is 7.47. The SMILES string of the molecule is C[C@H](CO)n1cnnc1-c1cccc(NC(=O)Nc2cc(-c3ccc(C4CC4)nc3)ccn2)n1. The van der Waals surface area contributed by atoms with Gasteiger partial charge < -0.3 is 9.67 Å². The molecule has 1 aliphatic rings. The summed E-state index contributed by atoms with van der Waals surface area (Å²) in [4.78, 5) is 25.9. The molecule has 4 aromatic rings. The molecule has 2 amide bonds. The van der Waals surface area contributed by atoms with Crippen LogP contribution in [0.1, 0.15) is 37.4 Å². The number of aliphatic hydroxyl groups is 1. The highest BCUT2D eigenvalue weighted by molar-refractivity contribution is 5.99. The Bertz CT molecular complexity index is 1300. The molecule has 5 rings (SSSR count). The quantitative estimate of drug-likeness (QED) is 0.385. The number of urea groups is 1. The number of pyridine rings is 3. The van der Waals surface area contributed by atoms with E-state index in [0.29, 0.717) is 29.1 Å². The van der Waals surface area contributed by atoms with Crippen molar-refractivity contribution in [3.05, 3.63) is 66.9 Å². The Hall–Kier alpha value is -4.18. The van der Waals surface area contributed by atoms with Crippen molar-refractivity contribution >= 4 is 17.7 Å². The lowest BCUT2D eigenvalue weighted by Crippen LogP contribution is -2.21. The van der Waals surface area contributed by atoms with Gasteiger partial charge in [-0.2, -0.15) is 0 Å². The summed E-state index contributed by atoms with van der Waals surface area (Å²) < 4.78 is 1.73. The van der Waals surface area contributed by atoms with Crippen molar-refractivity contribution in [2.24, 2.45) is 0 Å². The molecule has 1 fully saturated rings. The van der Waals surface area contributed by atoms with Gasteiger partial charge in [0.1, 0.15) is 23.7 Å². The van der Waals surface area contributed by atoms with Gasteiger partial charge in [-0.25, -0.2) is 14.8 Å². The molecule has 0 unspecified atom stereocenters. The number of aliphatic hydroxyl groups excluding tert-OH is 1. The van der Waals surface area contributed by atoms with Crippen molar-refractivity contribution in [1.29, 1.82) is 0 Å². The third-order valence-corrected chi connectivity index (χ3v) is 5.65. The van der Waals surface area contributed by atoms with Crippen molar-refractivity contribution in [2.75, 3.05) is 17.2 Å². The molecule has 4 aromatic heterocycles. The summed E-state index contributed by atoms with van der Waals surface area (Å²) in [6, 6.07) is 12.3. The highest BCUT2D eigenvalue weighted by Crippen LogP contribution is 2.39. The third-order valence-electron chi connectivity index (χ3n) is 5.65. The lowest BCUT2D eigenvalue weighted by Gasteiger charge is -2.12. The molecule has 4 heterocycles. The molecule has 0 bridgehead atoms. The van der Waals surface area contributed by atoms with Crippen LogP contribution in [-0.2, 0) is 0 Å². The van der Waals surface area contributed by atoms with Gasteiger partial charge in [0, 0.05) is 29.6 Å². The Balaban J connectivity index is 1.27. The minimum absolute atomic E-state index is 0.0574. The highest BCUT2D eigenvalue weighted by atomic mass is 16.3. The van der Waals surface area contributed by atoms with E-state index in [1.54, 1.807) is 41.4 Å². The first-order valence-corrected chi connectivity index (χ1v) is 11.1. The Morgan fingerprint density at radius 3 is 2.74 bits per heavy atom. The van der Waals surface area contributed by atoms with Gasteiger partial charge in [-0.05, 0) is 55.7 Å². The Morgan fingerprint density at radius 1 is 1.12 bits per heavy atom. The average Bonchev–Trinajstić information content (AvgIpc) is 3.60. The molecule has 34 heavy (non-hydrogen) atoms. The molecule has 0 saturated heterocycles.